The molecule has 1 aliphatic rings. The third kappa shape index (κ3) is 5.91. The van der Waals surface area contributed by atoms with Crippen molar-refractivity contribution in [3.63, 3.8) is 0 Å². The predicted molar refractivity (Wildman–Crippen MR) is 109 cm³/mol. The van der Waals surface area contributed by atoms with Gasteiger partial charge in [-0.05, 0) is 29.3 Å². The molecule has 3 rings (SSSR count). The summed E-state index contributed by atoms with van der Waals surface area (Å²) in [5.41, 5.74) is 2.82. The Morgan fingerprint density at radius 2 is 2.07 bits per heavy atom. The predicted octanol–water partition coefficient (Wildman–Crippen LogP) is 3.12. The van der Waals surface area contributed by atoms with Crippen LogP contribution in [-0.4, -0.2) is 38.5 Å². The maximum absolute atomic E-state index is 12.3. The smallest absolute Gasteiger partial charge is 0.272 e. The van der Waals surface area contributed by atoms with E-state index in [2.05, 4.69) is 20.9 Å². The van der Waals surface area contributed by atoms with E-state index in [-0.39, 0.29) is 11.8 Å². The third-order valence-electron chi connectivity index (χ3n) is 4.58. The van der Waals surface area contributed by atoms with Gasteiger partial charge in [0.15, 0.2) is 5.96 Å². The minimum Gasteiger partial charge on any atom is -0.488 e. The number of carbonyl (C=O) groups is 1. The SMILES string of the molecule is CN=C(NCc1cccc(OCC(F)F)c1)NCC1CC(=O)Nc2ccccc21. The molecule has 1 unspecified atom stereocenters. The topological polar surface area (TPSA) is 74.8 Å². The van der Waals surface area contributed by atoms with E-state index in [1.165, 1.54) is 0 Å². The van der Waals surface area contributed by atoms with Crippen molar-refractivity contribution in [1.29, 1.82) is 0 Å². The number of alkyl halides is 2. The second-order valence-corrected chi connectivity index (χ2v) is 6.69. The molecule has 0 spiro atoms. The molecule has 1 amide bonds. The Balaban J connectivity index is 1.54. The van der Waals surface area contributed by atoms with Crippen LogP contribution in [0.1, 0.15) is 23.5 Å². The van der Waals surface area contributed by atoms with Crippen molar-refractivity contribution in [1.82, 2.24) is 10.6 Å². The molecule has 0 bridgehead atoms. The highest BCUT2D eigenvalue weighted by molar-refractivity contribution is 5.94. The monoisotopic (exact) mass is 402 g/mol. The fourth-order valence-electron chi connectivity index (χ4n) is 3.21. The number of para-hydroxylation sites is 1. The molecule has 8 heteroatoms. The number of nitrogens with zero attached hydrogens (tertiary/aromatic N) is 1. The van der Waals surface area contributed by atoms with E-state index in [9.17, 15) is 13.6 Å². The maximum Gasteiger partial charge on any atom is 0.272 e. The van der Waals surface area contributed by atoms with Crippen LogP contribution < -0.4 is 20.7 Å². The van der Waals surface area contributed by atoms with Crippen molar-refractivity contribution in [3.05, 3.63) is 59.7 Å². The summed E-state index contributed by atoms with van der Waals surface area (Å²) in [5, 5.41) is 9.33. The molecule has 0 radical (unpaired) electrons. The van der Waals surface area contributed by atoms with Gasteiger partial charge in [0.25, 0.3) is 6.43 Å². The molecule has 29 heavy (non-hydrogen) atoms. The van der Waals surface area contributed by atoms with E-state index in [4.69, 9.17) is 4.74 Å². The Bertz CT molecular complexity index is 873. The Kier molecular flexibility index (Phi) is 6.99. The summed E-state index contributed by atoms with van der Waals surface area (Å²) in [6.07, 6.45) is -2.10. The quantitative estimate of drug-likeness (QED) is 0.491. The number of hydrogen-bond acceptors (Lipinski definition) is 3. The zero-order valence-electron chi connectivity index (χ0n) is 16.1. The summed E-state index contributed by atoms with van der Waals surface area (Å²) < 4.78 is 29.6. The molecule has 1 aliphatic heterocycles. The van der Waals surface area contributed by atoms with Crippen molar-refractivity contribution in [2.45, 2.75) is 25.3 Å². The number of halogens is 2. The van der Waals surface area contributed by atoms with Gasteiger partial charge in [-0.1, -0.05) is 30.3 Å². The first-order valence-electron chi connectivity index (χ1n) is 9.38. The summed E-state index contributed by atoms with van der Waals surface area (Å²) >= 11 is 0. The van der Waals surface area contributed by atoms with E-state index in [0.29, 0.717) is 31.2 Å². The lowest BCUT2D eigenvalue weighted by Gasteiger charge is -2.26. The fraction of sp³-hybridized carbons (Fsp3) is 0.333. The number of anilines is 1. The summed E-state index contributed by atoms with van der Waals surface area (Å²) in [4.78, 5) is 16.2. The lowest BCUT2D eigenvalue weighted by Crippen LogP contribution is -2.40. The minimum absolute atomic E-state index is 0.000871. The van der Waals surface area contributed by atoms with Crippen molar-refractivity contribution >= 4 is 17.6 Å². The number of rotatable bonds is 7. The highest BCUT2D eigenvalue weighted by Crippen LogP contribution is 2.31. The number of guanidine groups is 1. The average molecular weight is 402 g/mol. The molecule has 0 saturated carbocycles. The standard InChI is InChI=1S/C21H24F2N4O2/c1-24-21(25-11-14-5-4-6-16(9-14)29-13-19(22)23)26-12-15-10-20(28)27-18-8-3-2-7-17(15)18/h2-9,15,19H,10-13H2,1H3,(H,27,28)(H2,24,25,26). The number of amides is 1. The van der Waals surface area contributed by atoms with Crippen LogP contribution in [-0.2, 0) is 11.3 Å². The van der Waals surface area contributed by atoms with Crippen LogP contribution in [0, 0.1) is 0 Å². The van der Waals surface area contributed by atoms with Gasteiger partial charge < -0.3 is 20.7 Å². The fourth-order valence-corrected chi connectivity index (χ4v) is 3.21. The molecule has 0 aliphatic carbocycles. The normalized spacial score (nSPS) is 16.2. The molecule has 6 nitrogen and oxygen atoms in total. The van der Waals surface area contributed by atoms with Gasteiger partial charge in [0.1, 0.15) is 12.4 Å². The maximum atomic E-state index is 12.3. The molecule has 154 valence electrons. The van der Waals surface area contributed by atoms with Crippen molar-refractivity contribution in [2.24, 2.45) is 4.99 Å². The Labute approximate surface area is 168 Å². The zero-order valence-corrected chi connectivity index (χ0v) is 16.1. The number of benzene rings is 2. The van der Waals surface area contributed by atoms with Crippen LogP contribution >= 0.6 is 0 Å². The molecule has 0 saturated heterocycles. The second-order valence-electron chi connectivity index (χ2n) is 6.69. The molecule has 2 aromatic carbocycles. The Morgan fingerprint density at radius 1 is 1.24 bits per heavy atom. The molecule has 3 N–H and O–H groups in total. The highest BCUT2D eigenvalue weighted by atomic mass is 19.3. The van der Waals surface area contributed by atoms with Gasteiger partial charge in [0.05, 0.1) is 0 Å². The van der Waals surface area contributed by atoms with Crippen molar-refractivity contribution in [3.8, 4) is 5.75 Å². The summed E-state index contributed by atoms with van der Waals surface area (Å²) in [6.45, 7) is 0.380. The van der Waals surface area contributed by atoms with Gasteiger partial charge in [0.2, 0.25) is 5.91 Å². The molecule has 0 aromatic heterocycles. The molecule has 0 fully saturated rings. The summed E-state index contributed by atoms with van der Waals surface area (Å²) in [5.74, 6) is 1.04. The summed E-state index contributed by atoms with van der Waals surface area (Å²) in [6, 6.07) is 14.8. The summed E-state index contributed by atoms with van der Waals surface area (Å²) in [7, 11) is 1.67. The first kappa shape index (κ1) is 20.6. The molecular weight excluding hydrogens is 378 g/mol. The van der Waals surface area contributed by atoms with Gasteiger partial charge in [-0.3, -0.25) is 9.79 Å². The first-order chi connectivity index (χ1) is 14.0. The Morgan fingerprint density at radius 3 is 2.86 bits per heavy atom. The Hall–Kier alpha value is -3.16. The van der Waals surface area contributed by atoms with Gasteiger partial charge in [0, 0.05) is 38.2 Å². The zero-order chi connectivity index (χ0) is 20.6. The van der Waals surface area contributed by atoms with Crippen LogP contribution in [0.5, 0.6) is 5.75 Å². The van der Waals surface area contributed by atoms with Gasteiger partial charge in [-0.25, -0.2) is 8.78 Å². The molecule has 1 heterocycles. The molecule has 1 atom stereocenters. The average Bonchev–Trinajstić information content (AvgIpc) is 2.72. The molecular formula is C21H24F2N4O2. The van der Waals surface area contributed by atoms with E-state index >= 15 is 0 Å². The van der Waals surface area contributed by atoms with Crippen LogP contribution in [0.4, 0.5) is 14.5 Å². The van der Waals surface area contributed by atoms with Crippen molar-refractivity contribution < 1.29 is 18.3 Å². The number of carbonyl (C=O) groups excluding carboxylic acids is 1. The van der Waals surface area contributed by atoms with Crippen LogP contribution in [0.25, 0.3) is 0 Å². The molecule has 2 aromatic rings. The van der Waals surface area contributed by atoms with Crippen molar-refractivity contribution in [2.75, 3.05) is 25.5 Å². The van der Waals surface area contributed by atoms with Crippen LogP contribution in [0.15, 0.2) is 53.5 Å². The van der Waals surface area contributed by atoms with Gasteiger partial charge in [-0.15, -0.1) is 0 Å². The lowest BCUT2D eigenvalue weighted by atomic mass is 9.90. The largest absolute Gasteiger partial charge is 0.488 e. The number of nitrogens with one attached hydrogen (secondary N) is 3. The van der Waals surface area contributed by atoms with E-state index in [1.807, 2.05) is 30.3 Å². The lowest BCUT2D eigenvalue weighted by molar-refractivity contribution is -0.116. The van der Waals surface area contributed by atoms with Crippen LogP contribution in [0.3, 0.4) is 0 Å². The number of ether oxygens (including phenoxy) is 1. The minimum atomic E-state index is -2.51. The number of hydrogen-bond donors (Lipinski definition) is 3. The van der Waals surface area contributed by atoms with Gasteiger partial charge in [-0.2, -0.15) is 0 Å². The van der Waals surface area contributed by atoms with E-state index in [1.54, 1.807) is 25.2 Å². The van der Waals surface area contributed by atoms with Gasteiger partial charge >= 0.3 is 0 Å². The highest BCUT2D eigenvalue weighted by Gasteiger charge is 2.24. The third-order valence-corrected chi connectivity index (χ3v) is 4.58. The van der Waals surface area contributed by atoms with E-state index < -0.39 is 13.0 Å². The number of fused-ring (bicyclic) bond motifs is 1. The van der Waals surface area contributed by atoms with E-state index in [0.717, 1.165) is 16.8 Å². The second kappa shape index (κ2) is 9.86. The van der Waals surface area contributed by atoms with Crippen LogP contribution in [0.2, 0.25) is 0 Å². The first-order valence-corrected chi connectivity index (χ1v) is 9.38. The number of aliphatic imine (C=N–C) groups is 1.